The van der Waals surface area contributed by atoms with Gasteiger partial charge in [-0.3, -0.25) is 0 Å². The van der Waals surface area contributed by atoms with E-state index in [1.807, 2.05) is 67.4 Å². The predicted molar refractivity (Wildman–Crippen MR) is 73.5 cm³/mol. The fourth-order valence-electron chi connectivity index (χ4n) is 1.91. The largest absolute Gasteiger partial charge is 0.386 e. The highest BCUT2D eigenvalue weighted by molar-refractivity contribution is 5.39. The molecule has 0 spiro atoms. The Bertz CT molecular complexity index is 427. The number of rotatable bonds is 4. The van der Waals surface area contributed by atoms with E-state index < -0.39 is 6.10 Å². The Morgan fingerprint density at radius 2 is 1.72 bits per heavy atom. The van der Waals surface area contributed by atoms with Crippen LogP contribution >= 0.6 is 0 Å². The van der Waals surface area contributed by atoms with Gasteiger partial charge in [0.2, 0.25) is 0 Å². The lowest BCUT2D eigenvalue weighted by atomic mass is 10.0. The smallest absolute Gasteiger partial charge is 0.128 e. The maximum atomic E-state index is 10.4. The maximum Gasteiger partial charge on any atom is 0.128 e. The molecule has 2 aromatic rings. The molecule has 0 aliphatic carbocycles. The second-order valence-corrected chi connectivity index (χ2v) is 4.39. The third kappa shape index (κ3) is 2.68. The lowest BCUT2D eigenvalue weighted by Crippen LogP contribution is -2.34. The van der Waals surface area contributed by atoms with Gasteiger partial charge in [0.05, 0.1) is 12.1 Å². The fraction of sp³-hybridized carbons (Fsp3) is 0.267. The highest BCUT2D eigenvalue weighted by Crippen LogP contribution is 2.22. The number of anilines is 1. The average molecular weight is 242 g/mol. The monoisotopic (exact) mass is 242 g/mol. The minimum Gasteiger partial charge on any atom is -0.386 e. The molecule has 1 aromatic heterocycles. The average Bonchev–Trinajstić information content (AvgIpc) is 2.47. The predicted octanol–water partition coefficient (Wildman–Crippen LogP) is 2.64. The zero-order valence-electron chi connectivity index (χ0n) is 10.7. The normalized spacial score (nSPS) is 13.9. The minimum absolute atomic E-state index is 0.0395. The standard InChI is InChI=1S/C15H18N2O/c1-12(15(18)13-8-4-3-5-9-13)17(2)14-10-6-7-11-16-14/h3-12,15,18H,1-2H3/t12-,15-/m0/s1. The van der Waals surface area contributed by atoms with Crippen molar-refractivity contribution >= 4 is 5.82 Å². The Balaban J connectivity index is 2.14. The zero-order chi connectivity index (χ0) is 13.0. The number of likely N-dealkylation sites (N-methyl/N-ethyl adjacent to an activating group) is 1. The third-order valence-electron chi connectivity index (χ3n) is 3.22. The number of hydrogen-bond acceptors (Lipinski definition) is 3. The van der Waals surface area contributed by atoms with Crippen LogP contribution in [0.15, 0.2) is 54.7 Å². The van der Waals surface area contributed by atoms with Gasteiger partial charge in [-0.05, 0) is 24.6 Å². The van der Waals surface area contributed by atoms with Crippen LogP contribution in [-0.2, 0) is 0 Å². The molecule has 0 radical (unpaired) electrons. The SMILES string of the molecule is C[C@@H]([C@H](O)c1ccccc1)N(C)c1ccccn1. The van der Waals surface area contributed by atoms with Gasteiger partial charge in [0.15, 0.2) is 0 Å². The number of pyridine rings is 1. The summed E-state index contributed by atoms with van der Waals surface area (Å²) in [4.78, 5) is 6.27. The number of nitrogens with zero attached hydrogens (tertiary/aromatic N) is 2. The van der Waals surface area contributed by atoms with Crippen molar-refractivity contribution < 1.29 is 5.11 Å². The number of hydrogen-bond donors (Lipinski definition) is 1. The van der Waals surface area contributed by atoms with E-state index in [0.717, 1.165) is 11.4 Å². The lowest BCUT2D eigenvalue weighted by Gasteiger charge is -2.30. The van der Waals surface area contributed by atoms with Crippen LogP contribution in [0.1, 0.15) is 18.6 Å². The van der Waals surface area contributed by atoms with Crippen LogP contribution in [0.4, 0.5) is 5.82 Å². The quantitative estimate of drug-likeness (QED) is 0.895. The van der Waals surface area contributed by atoms with Gasteiger partial charge in [-0.15, -0.1) is 0 Å². The number of aliphatic hydroxyl groups excluding tert-OH is 1. The number of aliphatic hydroxyl groups is 1. The van der Waals surface area contributed by atoms with E-state index in [0.29, 0.717) is 0 Å². The van der Waals surface area contributed by atoms with E-state index in [1.54, 1.807) is 6.20 Å². The molecule has 0 saturated carbocycles. The Hall–Kier alpha value is -1.87. The minimum atomic E-state index is -0.529. The summed E-state index contributed by atoms with van der Waals surface area (Å²) in [6.07, 6.45) is 1.23. The number of benzene rings is 1. The van der Waals surface area contributed by atoms with Crippen LogP contribution in [0.2, 0.25) is 0 Å². The van der Waals surface area contributed by atoms with Crippen LogP contribution in [-0.4, -0.2) is 23.2 Å². The van der Waals surface area contributed by atoms with Gasteiger partial charge in [0.1, 0.15) is 5.82 Å². The van der Waals surface area contributed by atoms with Crippen molar-refractivity contribution in [2.75, 3.05) is 11.9 Å². The highest BCUT2D eigenvalue weighted by atomic mass is 16.3. The van der Waals surface area contributed by atoms with Gasteiger partial charge in [-0.2, -0.15) is 0 Å². The van der Waals surface area contributed by atoms with Crippen molar-refractivity contribution in [2.45, 2.75) is 19.1 Å². The molecule has 0 bridgehead atoms. The second kappa shape index (κ2) is 5.65. The Morgan fingerprint density at radius 3 is 2.33 bits per heavy atom. The molecule has 18 heavy (non-hydrogen) atoms. The molecule has 0 amide bonds. The van der Waals surface area contributed by atoms with E-state index >= 15 is 0 Å². The summed E-state index contributed by atoms with van der Waals surface area (Å²) in [6.45, 7) is 1.99. The molecule has 0 unspecified atom stereocenters. The van der Waals surface area contributed by atoms with Gasteiger partial charge in [-0.1, -0.05) is 36.4 Å². The molecular formula is C15H18N2O. The van der Waals surface area contributed by atoms with Crippen LogP contribution in [0.25, 0.3) is 0 Å². The fourth-order valence-corrected chi connectivity index (χ4v) is 1.91. The molecule has 0 saturated heterocycles. The molecular weight excluding hydrogens is 224 g/mol. The Kier molecular flexibility index (Phi) is 3.95. The van der Waals surface area contributed by atoms with E-state index in [9.17, 15) is 5.11 Å². The van der Waals surface area contributed by atoms with Crippen LogP contribution in [0.3, 0.4) is 0 Å². The lowest BCUT2D eigenvalue weighted by molar-refractivity contribution is 0.150. The summed E-state index contributed by atoms with van der Waals surface area (Å²) >= 11 is 0. The molecule has 2 rings (SSSR count). The van der Waals surface area contributed by atoms with E-state index in [4.69, 9.17) is 0 Å². The maximum absolute atomic E-state index is 10.4. The first-order valence-electron chi connectivity index (χ1n) is 6.07. The van der Waals surface area contributed by atoms with Crippen LogP contribution < -0.4 is 4.90 Å². The molecule has 0 aliphatic rings. The van der Waals surface area contributed by atoms with Gasteiger partial charge in [-0.25, -0.2) is 4.98 Å². The molecule has 0 aliphatic heterocycles. The molecule has 1 N–H and O–H groups in total. The van der Waals surface area contributed by atoms with Crippen LogP contribution in [0, 0.1) is 0 Å². The summed E-state index contributed by atoms with van der Waals surface area (Å²) in [5.74, 6) is 0.861. The van der Waals surface area contributed by atoms with Crippen LogP contribution in [0.5, 0.6) is 0 Å². The van der Waals surface area contributed by atoms with E-state index in [2.05, 4.69) is 4.98 Å². The second-order valence-electron chi connectivity index (χ2n) is 4.39. The summed E-state index contributed by atoms with van der Waals surface area (Å²) < 4.78 is 0. The van der Waals surface area contributed by atoms with Crippen molar-refractivity contribution in [1.82, 2.24) is 4.98 Å². The molecule has 1 aromatic carbocycles. The van der Waals surface area contributed by atoms with Crippen molar-refractivity contribution in [3.8, 4) is 0 Å². The van der Waals surface area contributed by atoms with Gasteiger partial charge in [0, 0.05) is 13.2 Å². The molecule has 3 heteroatoms. The first kappa shape index (κ1) is 12.6. The first-order valence-corrected chi connectivity index (χ1v) is 6.07. The molecule has 3 nitrogen and oxygen atoms in total. The highest BCUT2D eigenvalue weighted by Gasteiger charge is 2.21. The zero-order valence-corrected chi connectivity index (χ0v) is 10.7. The summed E-state index contributed by atoms with van der Waals surface area (Å²) in [5, 5.41) is 10.4. The van der Waals surface area contributed by atoms with E-state index in [1.165, 1.54) is 0 Å². The summed E-state index contributed by atoms with van der Waals surface area (Å²) in [6, 6.07) is 15.4. The van der Waals surface area contributed by atoms with Gasteiger partial charge in [0.25, 0.3) is 0 Å². The third-order valence-corrected chi connectivity index (χ3v) is 3.22. The summed E-state index contributed by atoms with van der Waals surface area (Å²) in [7, 11) is 1.94. The molecule has 94 valence electrons. The Morgan fingerprint density at radius 1 is 1.06 bits per heavy atom. The van der Waals surface area contributed by atoms with Crippen molar-refractivity contribution in [3.63, 3.8) is 0 Å². The summed E-state index contributed by atoms with van der Waals surface area (Å²) in [5.41, 5.74) is 0.924. The number of aromatic nitrogens is 1. The van der Waals surface area contributed by atoms with Gasteiger partial charge < -0.3 is 10.0 Å². The van der Waals surface area contributed by atoms with Crippen molar-refractivity contribution in [1.29, 1.82) is 0 Å². The van der Waals surface area contributed by atoms with Gasteiger partial charge >= 0.3 is 0 Å². The van der Waals surface area contributed by atoms with Crippen molar-refractivity contribution in [2.24, 2.45) is 0 Å². The topological polar surface area (TPSA) is 36.4 Å². The van der Waals surface area contributed by atoms with Crippen molar-refractivity contribution in [3.05, 3.63) is 60.3 Å². The molecule has 2 atom stereocenters. The van der Waals surface area contributed by atoms with E-state index in [-0.39, 0.29) is 6.04 Å². The Labute approximate surface area is 108 Å². The molecule has 0 fully saturated rings. The first-order chi connectivity index (χ1) is 8.70. The molecule has 1 heterocycles.